The summed E-state index contributed by atoms with van der Waals surface area (Å²) in [6.07, 6.45) is 0.162. The Hall–Kier alpha value is -3.74. The highest BCUT2D eigenvalue weighted by molar-refractivity contribution is 5.97. The van der Waals surface area contributed by atoms with Crippen molar-refractivity contribution in [1.29, 1.82) is 0 Å². The maximum absolute atomic E-state index is 12.5. The van der Waals surface area contributed by atoms with Crippen molar-refractivity contribution in [2.75, 3.05) is 0 Å². The van der Waals surface area contributed by atoms with Gasteiger partial charge in [0, 0.05) is 30.0 Å². The van der Waals surface area contributed by atoms with E-state index in [9.17, 15) is 14.4 Å². The molecule has 3 rings (SSSR count). The number of fused-ring (bicyclic) bond motifs is 1. The molecule has 142 valence electrons. The van der Waals surface area contributed by atoms with E-state index in [-0.39, 0.29) is 17.7 Å². The fourth-order valence-corrected chi connectivity index (χ4v) is 2.76. The van der Waals surface area contributed by atoms with Crippen molar-refractivity contribution < 1.29 is 19.1 Å². The number of hydrogen-bond donors (Lipinski definition) is 2. The molecule has 2 amide bonds. The van der Waals surface area contributed by atoms with Crippen LogP contribution in [0.5, 0.6) is 5.75 Å². The van der Waals surface area contributed by atoms with Gasteiger partial charge in [-0.3, -0.25) is 19.4 Å². The average molecular weight is 377 g/mol. The maximum Gasteiger partial charge on any atom is 0.308 e. The van der Waals surface area contributed by atoms with Crippen LogP contribution in [0, 0.1) is 0 Å². The summed E-state index contributed by atoms with van der Waals surface area (Å²) in [6, 6.07) is 16.5. The first-order valence-electron chi connectivity index (χ1n) is 8.66. The standard InChI is InChI=1S/C21H19N3O4/c1-13(25)28-17-7-4-6-15(11-17)21(27)24-19(20(22)26)12-16-10-9-14-5-2-3-8-18(14)23-16/h2-11,19H,12H2,1H3,(H2,22,26)(H,24,27)/t19-/m0/s1. The van der Waals surface area contributed by atoms with Crippen LogP contribution in [0.1, 0.15) is 23.0 Å². The predicted octanol–water partition coefficient (Wildman–Crippen LogP) is 1.99. The molecule has 3 N–H and O–H groups in total. The van der Waals surface area contributed by atoms with Crippen LogP contribution in [0.2, 0.25) is 0 Å². The minimum atomic E-state index is -0.932. The van der Waals surface area contributed by atoms with Crippen molar-refractivity contribution >= 4 is 28.7 Å². The molecular weight excluding hydrogens is 358 g/mol. The predicted molar refractivity (Wildman–Crippen MR) is 104 cm³/mol. The highest BCUT2D eigenvalue weighted by atomic mass is 16.5. The number of hydrogen-bond acceptors (Lipinski definition) is 5. The monoisotopic (exact) mass is 377 g/mol. The molecule has 28 heavy (non-hydrogen) atoms. The van der Waals surface area contributed by atoms with E-state index in [4.69, 9.17) is 10.5 Å². The Morgan fingerprint density at radius 2 is 1.86 bits per heavy atom. The van der Waals surface area contributed by atoms with E-state index in [2.05, 4.69) is 10.3 Å². The lowest BCUT2D eigenvalue weighted by atomic mass is 10.1. The highest BCUT2D eigenvalue weighted by Gasteiger charge is 2.20. The summed E-state index contributed by atoms with van der Waals surface area (Å²) in [5.74, 6) is -1.42. The van der Waals surface area contributed by atoms with E-state index in [1.807, 2.05) is 30.3 Å². The van der Waals surface area contributed by atoms with Crippen LogP contribution in [0.3, 0.4) is 0 Å². The van der Waals surface area contributed by atoms with Crippen molar-refractivity contribution in [3.8, 4) is 5.75 Å². The number of carbonyl (C=O) groups excluding carboxylic acids is 3. The third-order valence-electron chi connectivity index (χ3n) is 4.08. The normalized spacial score (nSPS) is 11.6. The maximum atomic E-state index is 12.5. The number of nitrogens with zero attached hydrogens (tertiary/aromatic N) is 1. The van der Waals surface area contributed by atoms with Gasteiger partial charge in [0.05, 0.1) is 5.52 Å². The van der Waals surface area contributed by atoms with Gasteiger partial charge < -0.3 is 15.8 Å². The lowest BCUT2D eigenvalue weighted by Gasteiger charge is -2.16. The van der Waals surface area contributed by atoms with Crippen molar-refractivity contribution in [1.82, 2.24) is 10.3 Å². The minimum Gasteiger partial charge on any atom is -0.427 e. The minimum absolute atomic E-state index is 0.162. The second-order valence-corrected chi connectivity index (χ2v) is 6.25. The molecule has 0 radical (unpaired) electrons. The molecule has 0 spiro atoms. The van der Waals surface area contributed by atoms with Gasteiger partial charge in [-0.15, -0.1) is 0 Å². The second kappa shape index (κ2) is 8.30. The van der Waals surface area contributed by atoms with Crippen LogP contribution >= 0.6 is 0 Å². The first-order chi connectivity index (χ1) is 13.4. The van der Waals surface area contributed by atoms with Crippen LogP contribution < -0.4 is 15.8 Å². The topological polar surface area (TPSA) is 111 Å². The summed E-state index contributed by atoms with van der Waals surface area (Å²) in [6.45, 7) is 1.27. The van der Waals surface area contributed by atoms with Crippen LogP contribution in [0.4, 0.5) is 0 Å². The Labute approximate surface area is 161 Å². The van der Waals surface area contributed by atoms with Crippen LogP contribution in [-0.4, -0.2) is 28.8 Å². The molecule has 0 unspecified atom stereocenters. The van der Waals surface area contributed by atoms with Crippen LogP contribution in [0.15, 0.2) is 60.7 Å². The summed E-state index contributed by atoms with van der Waals surface area (Å²) in [4.78, 5) is 40.0. The van der Waals surface area contributed by atoms with Crippen LogP contribution in [0.25, 0.3) is 10.9 Å². The smallest absolute Gasteiger partial charge is 0.308 e. The number of carbonyl (C=O) groups is 3. The van der Waals surface area contributed by atoms with E-state index in [1.165, 1.54) is 13.0 Å². The highest BCUT2D eigenvalue weighted by Crippen LogP contribution is 2.15. The Morgan fingerprint density at radius 3 is 2.61 bits per heavy atom. The summed E-state index contributed by atoms with van der Waals surface area (Å²) >= 11 is 0. The fraction of sp³-hybridized carbons (Fsp3) is 0.143. The number of benzene rings is 2. The number of ether oxygens (including phenoxy) is 1. The Balaban J connectivity index is 1.76. The van der Waals surface area contributed by atoms with Gasteiger partial charge in [-0.1, -0.05) is 30.3 Å². The molecule has 0 aliphatic heterocycles. The third-order valence-corrected chi connectivity index (χ3v) is 4.08. The first-order valence-corrected chi connectivity index (χ1v) is 8.66. The number of nitrogens with two attached hydrogens (primary N) is 1. The molecule has 0 aliphatic carbocycles. The number of para-hydroxylation sites is 1. The van der Waals surface area contributed by atoms with E-state index in [0.717, 1.165) is 10.9 Å². The Kier molecular flexibility index (Phi) is 5.64. The third kappa shape index (κ3) is 4.70. The zero-order valence-corrected chi connectivity index (χ0v) is 15.2. The van der Waals surface area contributed by atoms with Gasteiger partial charge in [0.25, 0.3) is 5.91 Å². The molecule has 0 bridgehead atoms. The summed E-state index contributed by atoms with van der Waals surface area (Å²) in [5, 5.41) is 3.60. The molecule has 0 fully saturated rings. The Bertz CT molecular complexity index is 1050. The number of rotatable bonds is 6. The van der Waals surface area contributed by atoms with Gasteiger partial charge in [0.15, 0.2) is 0 Å². The summed E-state index contributed by atoms with van der Waals surface area (Å²) in [5.41, 5.74) is 7.15. The molecule has 0 aliphatic rings. The SMILES string of the molecule is CC(=O)Oc1cccc(C(=O)N[C@@H](Cc2ccc3ccccc3n2)C(N)=O)c1. The van der Waals surface area contributed by atoms with E-state index in [1.54, 1.807) is 24.3 Å². The van der Waals surface area contributed by atoms with Gasteiger partial charge in [0.2, 0.25) is 5.91 Å². The second-order valence-electron chi connectivity index (χ2n) is 6.25. The van der Waals surface area contributed by atoms with Gasteiger partial charge in [0.1, 0.15) is 11.8 Å². The zero-order chi connectivity index (χ0) is 20.1. The molecule has 0 saturated heterocycles. The van der Waals surface area contributed by atoms with Crippen molar-refractivity contribution in [3.63, 3.8) is 0 Å². The molecule has 2 aromatic carbocycles. The fourth-order valence-electron chi connectivity index (χ4n) is 2.76. The molecule has 1 aromatic heterocycles. The number of aromatic nitrogens is 1. The van der Waals surface area contributed by atoms with Crippen molar-refractivity contribution in [2.24, 2.45) is 5.73 Å². The molecule has 1 atom stereocenters. The number of amides is 2. The zero-order valence-electron chi connectivity index (χ0n) is 15.2. The van der Waals surface area contributed by atoms with Gasteiger partial charge in [-0.25, -0.2) is 0 Å². The van der Waals surface area contributed by atoms with E-state index >= 15 is 0 Å². The Morgan fingerprint density at radius 1 is 1.07 bits per heavy atom. The molecule has 3 aromatic rings. The van der Waals surface area contributed by atoms with E-state index < -0.39 is 23.8 Å². The van der Waals surface area contributed by atoms with Crippen molar-refractivity contribution in [2.45, 2.75) is 19.4 Å². The number of pyridine rings is 1. The molecule has 7 heteroatoms. The van der Waals surface area contributed by atoms with Gasteiger partial charge >= 0.3 is 5.97 Å². The number of primary amides is 1. The summed E-state index contributed by atoms with van der Waals surface area (Å²) in [7, 11) is 0. The number of esters is 1. The van der Waals surface area contributed by atoms with Gasteiger partial charge in [-0.2, -0.15) is 0 Å². The molecule has 0 saturated carbocycles. The lowest BCUT2D eigenvalue weighted by molar-refractivity contribution is -0.131. The van der Waals surface area contributed by atoms with Gasteiger partial charge in [-0.05, 0) is 30.3 Å². The molecular formula is C21H19N3O4. The summed E-state index contributed by atoms with van der Waals surface area (Å²) < 4.78 is 4.97. The van der Waals surface area contributed by atoms with Crippen LogP contribution in [-0.2, 0) is 16.0 Å². The molecule has 7 nitrogen and oxygen atoms in total. The largest absolute Gasteiger partial charge is 0.427 e. The number of nitrogens with one attached hydrogen (secondary N) is 1. The average Bonchev–Trinajstić information content (AvgIpc) is 2.67. The van der Waals surface area contributed by atoms with E-state index in [0.29, 0.717) is 5.69 Å². The first kappa shape index (κ1) is 19.0. The molecule has 1 heterocycles. The van der Waals surface area contributed by atoms with Crippen molar-refractivity contribution in [3.05, 3.63) is 71.9 Å². The quantitative estimate of drug-likeness (QED) is 0.504. The lowest BCUT2D eigenvalue weighted by Crippen LogP contribution is -2.46.